The third-order valence-corrected chi connectivity index (χ3v) is 3.14. The molecule has 0 saturated carbocycles. The molecule has 8 heteroatoms. The largest absolute Gasteiger partial charge is 0.480 e. The second-order valence-electron chi connectivity index (χ2n) is 4.50. The molecule has 1 rings (SSSR count). The average Bonchev–Trinajstić information content (AvgIpc) is 2.71. The summed E-state index contributed by atoms with van der Waals surface area (Å²) in [5.74, 6) is -0.694. The van der Waals surface area contributed by atoms with E-state index in [1.54, 1.807) is 0 Å². The normalized spacial score (nSPS) is 24.1. The van der Waals surface area contributed by atoms with Crippen LogP contribution in [0.3, 0.4) is 0 Å². The Hall–Kier alpha value is -0.820. The summed E-state index contributed by atoms with van der Waals surface area (Å²) in [6.45, 7) is 6.36. The molecule has 118 valence electrons. The van der Waals surface area contributed by atoms with Crippen LogP contribution in [0.15, 0.2) is 12.7 Å². The van der Waals surface area contributed by atoms with Crippen LogP contribution in [0.4, 0.5) is 0 Å². The Kier molecular flexibility index (Phi) is 11.7. The van der Waals surface area contributed by atoms with Gasteiger partial charge in [0, 0.05) is 13.0 Å². The highest BCUT2D eigenvalue weighted by atomic mass is 35.5. The number of hydrogen-bond donors (Lipinski definition) is 4. The van der Waals surface area contributed by atoms with Gasteiger partial charge in [-0.15, -0.1) is 31.4 Å². The van der Waals surface area contributed by atoms with Gasteiger partial charge in [0.25, 0.3) is 0 Å². The lowest BCUT2D eigenvalue weighted by Gasteiger charge is -2.16. The molecule has 1 amide bonds. The topological polar surface area (TPSA) is 90.5 Å². The number of hydrogen-bond acceptors (Lipinski definition) is 4. The Bertz CT molecular complexity index is 329. The Balaban J connectivity index is 0. The molecule has 0 aromatic heterocycles. The van der Waals surface area contributed by atoms with Crippen LogP contribution < -0.4 is 16.0 Å². The number of carboxylic acid groups (broad SMARTS) is 1. The van der Waals surface area contributed by atoms with Crippen molar-refractivity contribution in [2.45, 2.75) is 31.8 Å². The molecular weight excluding hydrogens is 305 g/mol. The van der Waals surface area contributed by atoms with E-state index in [-0.39, 0.29) is 42.7 Å². The molecule has 1 saturated heterocycles. The molecule has 1 aliphatic rings. The van der Waals surface area contributed by atoms with Gasteiger partial charge in [-0.3, -0.25) is 14.9 Å². The van der Waals surface area contributed by atoms with Gasteiger partial charge in [-0.05, 0) is 25.3 Å². The first-order valence-corrected chi connectivity index (χ1v) is 6.11. The number of nitrogens with one attached hydrogen (secondary N) is 3. The number of carboxylic acids is 1. The second kappa shape index (κ2) is 10.9. The standard InChI is InChI=1S/C12H21N3O3.2ClH/c1-3-9-6-11(12(17)18)15-10(9)4-5-13-7-14-8(2)16;;/h3,9-11,13,15H,1,4-7H2,2H3,(H,14,16)(H,17,18);2*1H/t9-,10-,11-;;/m1../s1. The van der Waals surface area contributed by atoms with E-state index in [1.807, 2.05) is 6.08 Å². The fourth-order valence-electron chi connectivity index (χ4n) is 2.15. The molecule has 0 aromatic rings. The fourth-order valence-corrected chi connectivity index (χ4v) is 2.15. The highest BCUT2D eigenvalue weighted by molar-refractivity contribution is 5.85. The van der Waals surface area contributed by atoms with Crippen molar-refractivity contribution in [3.05, 3.63) is 12.7 Å². The number of halogens is 2. The van der Waals surface area contributed by atoms with Crippen molar-refractivity contribution in [1.82, 2.24) is 16.0 Å². The molecule has 20 heavy (non-hydrogen) atoms. The summed E-state index contributed by atoms with van der Waals surface area (Å²) in [4.78, 5) is 21.5. The zero-order valence-corrected chi connectivity index (χ0v) is 13.1. The van der Waals surface area contributed by atoms with E-state index < -0.39 is 12.0 Å². The van der Waals surface area contributed by atoms with Crippen LogP contribution in [0.2, 0.25) is 0 Å². The summed E-state index contributed by atoms with van der Waals surface area (Å²) in [5.41, 5.74) is 0. The van der Waals surface area contributed by atoms with Crippen molar-refractivity contribution in [3.8, 4) is 0 Å². The number of carbonyl (C=O) groups excluding carboxylic acids is 1. The van der Waals surface area contributed by atoms with Crippen molar-refractivity contribution in [2.75, 3.05) is 13.2 Å². The van der Waals surface area contributed by atoms with E-state index in [9.17, 15) is 9.59 Å². The molecule has 1 heterocycles. The van der Waals surface area contributed by atoms with Gasteiger partial charge in [-0.2, -0.15) is 0 Å². The lowest BCUT2D eigenvalue weighted by atomic mass is 9.97. The number of rotatable bonds is 7. The summed E-state index contributed by atoms with van der Waals surface area (Å²) in [6.07, 6.45) is 3.21. The van der Waals surface area contributed by atoms with Crippen LogP contribution in [0, 0.1) is 5.92 Å². The monoisotopic (exact) mass is 327 g/mol. The molecule has 4 N–H and O–H groups in total. The first kappa shape index (κ1) is 21.5. The number of aliphatic carboxylic acids is 1. The van der Waals surface area contributed by atoms with Crippen molar-refractivity contribution in [1.29, 1.82) is 0 Å². The smallest absolute Gasteiger partial charge is 0.320 e. The van der Waals surface area contributed by atoms with E-state index in [2.05, 4.69) is 22.5 Å². The maximum Gasteiger partial charge on any atom is 0.320 e. The summed E-state index contributed by atoms with van der Waals surface area (Å²) in [7, 11) is 0. The Morgan fingerprint density at radius 1 is 1.45 bits per heavy atom. The molecule has 3 atom stereocenters. The van der Waals surface area contributed by atoms with Gasteiger partial charge in [0.1, 0.15) is 6.04 Å². The Labute approximate surface area is 131 Å². The number of amides is 1. The van der Waals surface area contributed by atoms with Crippen molar-refractivity contribution in [2.24, 2.45) is 5.92 Å². The number of carbonyl (C=O) groups is 2. The van der Waals surface area contributed by atoms with E-state index >= 15 is 0 Å². The maximum atomic E-state index is 10.9. The van der Waals surface area contributed by atoms with Crippen molar-refractivity contribution >= 4 is 36.7 Å². The molecule has 0 unspecified atom stereocenters. The summed E-state index contributed by atoms with van der Waals surface area (Å²) >= 11 is 0. The summed E-state index contributed by atoms with van der Waals surface area (Å²) < 4.78 is 0. The van der Waals surface area contributed by atoms with E-state index in [4.69, 9.17) is 5.11 Å². The summed E-state index contributed by atoms with van der Waals surface area (Å²) in [6, 6.07) is -0.346. The third-order valence-electron chi connectivity index (χ3n) is 3.14. The zero-order chi connectivity index (χ0) is 13.5. The average molecular weight is 328 g/mol. The van der Waals surface area contributed by atoms with Crippen molar-refractivity contribution in [3.63, 3.8) is 0 Å². The minimum atomic E-state index is -0.810. The second-order valence-corrected chi connectivity index (χ2v) is 4.50. The SMILES string of the molecule is C=C[C@@H]1C[C@H](C(=O)O)N[C@@H]1CCNCNC(C)=O.Cl.Cl. The van der Waals surface area contributed by atoms with E-state index in [0.717, 1.165) is 6.42 Å². The van der Waals surface area contributed by atoms with Gasteiger partial charge in [0.2, 0.25) is 5.91 Å². The minimum Gasteiger partial charge on any atom is -0.480 e. The van der Waals surface area contributed by atoms with Crippen LogP contribution >= 0.6 is 24.8 Å². The molecule has 0 aliphatic carbocycles. The highest BCUT2D eigenvalue weighted by Crippen LogP contribution is 2.23. The summed E-state index contributed by atoms with van der Waals surface area (Å²) in [5, 5.41) is 17.8. The fraction of sp³-hybridized carbons (Fsp3) is 0.667. The lowest BCUT2D eigenvalue weighted by molar-refractivity contribution is -0.139. The highest BCUT2D eigenvalue weighted by Gasteiger charge is 2.34. The molecule has 0 spiro atoms. The predicted molar refractivity (Wildman–Crippen MR) is 82.5 cm³/mol. The van der Waals surface area contributed by atoms with Crippen LogP contribution in [0.25, 0.3) is 0 Å². The zero-order valence-electron chi connectivity index (χ0n) is 11.4. The quantitative estimate of drug-likeness (QED) is 0.311. The van der Waals surface area contributed by atoms with Crippen LogP contribution in [0.5, 0.6) is 0 Å². The van der Waals surface area contributed by atoms with Crippen LogP contribution in [0.1, 0.15) is 19.8 Å². The first-order chi connectivity index (χ1) is 8.54. The minimum absolute atomic E-state index is 0. The van der Waals surface area contributed by atoms with Crippen LogP contribution in [-0.4, -0.2) is 42.3 Å². The third kappa shape index (κ3) is 7.09. The maximum absolute atomic E-state index is 10.9. The Morgan fingerprint density at radius 3 is 2.60 bits per heavy atom. The van der Waals surface area contributed by atoms with Gasteiger partial charge >= 0.3 is 5.97 Å². The van der Waals surface area contributed by atoms with Gasteiger partial charge in [-0.1, -0.05) is 6.08 Å². The van der Waals surface area contributed by atoms with Gasteiger partial charge in [0.15, 0.2) is 0 Å². The van der Waals surface area contributed by atoms with Crippen molar-refractivity contribution < 1.29 is 14.7 Å². The Morgan fingerprint density at radius 2 is 2.10 bits per heavy atom. The van der Waals surface area contributed by atoms with E-state index in [1.165, 1.54) is 6.92 Å². The molecule has 1 aliphatic heterocycles. The predicted octanol–water partition coefficient (Wildman–Crippen LogP) is 0.521. The molecule has 0 radical (unpaired) electrons. The first-order valence-electron chi connectivity index (χ1n) is 6.11. The van der Waals surface area contributed by atoms with Gasteiger partial charge in [0.05, 0.1) is 6.67 Å². The molecular formula is C12H23Cl2N3O3. The van der Waals surface area contributed by atoms with Gasteiger partial charge in [-0.25, -0.2) is 0 Å². The molecule has 0 aromatic carbocycles. The lowest BCUT2D eigenvalue weighted by Crippen LogP contribution is -2.39. The molecule has 0 bridgehead atoms. The van der Waals surface area contributed by atoms with Crippen LogP contribution in [-0.2, 0) is 9.59 Å². The van der Waals surface area contributed by atoms with Gasteiger partial charge < -0.3 is 15.7 Å². The molecule has 6 nitrogen and oxygen atoms in total. The molecule has 1 fully saturated rings. The van der Waals surface area contributed by atoms with E-state index in [0.29, 0.717) is 19.6 Å².